The summed E-state index contributed by atoms with van der Waals surface area (Å²) in [5, 5.41) is 4.10. The maximum atomic E-state index is 13.8. The molecular weight excluding hydrogens is 300 g/mol. The molecule has 1 aliphatic heterocycles. The number of halogens is 2. The van der Waals surface area contributed by atoms with Gasteiger partial charge in [0, 0.05) is 6.07 Å². The average molecular weight is 313 g/mol. The van der Waals surface area contributed by atoms with Crippen LogP contribution < -0.4 is 5.73 Å². The molecule has 1 aliphatic rings. The molecule has 0 bridgehead atoms. The Kier molecular flexibility index (Phi) is 3.20. The molecule has 2 N–H and O–H groups in total. The summed E-state index contributed by atoms with van der Waals surface area (Å²) in [4.78, 5) is 0. The van der Waals surface area contributed by atoms with Crippen LogP contribution in [0.5, 0.6) is 0 Å². The molecule has 0 spiro atoms. The molecular formula is C13H13F2N3O2S. The Morgan fingerprint density at radius 3 is 2.52 bits per heavy atom. The Balaban J connectivity index is 2.03. The highest BCUT2D eigenvalue weighted by Crippen LogP contribution is 2.30. The topological polar surface area (TPSA) is 78.0 Å². The van der Waals surface area contributed by atoms with Gasteiger partial charge in [0.2, 0.25) is 0 Å². The van der Waals surface area contributed by atoms with E-state index in [1.807, 2.05) is 0 Å². The molecule has 112 valence electrons. The first-order chi connectivity index (χ1) is 9.87. The van der Waals surface area contributed by atoms with Crippen molar-refractivity contribution in [2.24, 2.45) is 0 Å². The standard InChI is InChI=1S/C13H13F2N3O2S/c14-9-2-1-3-10(15)13(9)11-6-12(16)18(17-11)8-4-5-21(19,20)7-8/h1-3,6,8H,4-5,7,16H2. The van der Waals surface area contributed by atoms with Gasteiger partial charge in [-0.2, -0.15) is 5.10 Å². The van der Waals surface area contributed by atoms with Gasteiger partial charge in [-0.05, 0) is 18.6 Å². The van der Waals surface area contributed by atoms with Crippen LogP contribution >= 0.6 is 0 Å². The van der Waals surface area contributed by atoms with Gasteiger partial charge in [0.05, 0.1) is 23.1 Å². The van der Waals surface area contributed by atoms with Crippen molar-refractivity contribution in [1.29, 1.82) is 0 Å². The van der Waals surface area contributed by atoms with Gasteiger partial charge in [0.1, 0.15) is 23.1 Å². The van der Waals surface area contributed by atoms with Crippen LogP contribution in [0.25, 0.3) is 11.3 Å². The van der Waals surface area contributed by atoms with Gasteiger partial charge in [-0.1, -0.05) is 6.07 Å². The Morgan fingerprint density at radius 2 is 1.95 bits per heavy atom. The monoisotopic (exact) mass is 313 g/mol. The van der Waals surface area contributed by atoms with Crippen molar-refractivity contribution >= 4 is 15.7 Å². The van der Waals surface area contributed by atoms with E-state index in [2.05, 4.69) is 5.10 Å². The molecule has 1 aromatic carbocycles. The number of rotatable bonds is 2. The molecule has 21 heavy (non-hydrogen) atoms. The van der Waals surface area contributed by atoms with Gasteiger partial charge < -0.3 is 5.73 Å². The molecule has 8 heteroatoms. The molecule has 5 nitrogen and oxygen atoms in total. The third-order valence-corrected chi connectivity index (χ3v) is 5.29. The first-order valence-corrected chi connectivity index (χ1v) is 8.19. The highest BCUT2D eigenvalue weighted by atomic mass is 32.2. The van der Waals surface area contributed by atoms with Crippen molar-refractivity contribution in [3.8, 4) is 11.3 Å². The van der Waals surface area contributed by atoms with Gasteiger partial charge in [-0.3, -0.25) is 0 Å². The number of anilines is 1. The van der Waals surface area contributed by atoms with Crippen LogP contribution in [0.1, 0.15) is 12.5 Å². The normalized spacial score (nSPS) is 20.8. The van der Waals surface area contributed by atoms with Crippen molar-refractivity contribution in [3.05, 3.63) is 35.9 Å². The number of aromatic nitrogens is 2. The van der Waals surface area contributed by atoms with Crippen LogP contribution in [0.4, 0.5) is 14.6 Å². The van der Waals surface area contributed by atoms with E-state index in [0.717, 1.165) is 12.1 Å². The number of nitrogens with zero attached hydrogens (tertiary/aromatic N) is 2. The van der Waals surface area contributed by atoms with Crippen molar-refractivity contribution in [3.63, 3.8) is 0 Å². The highest BCUT2D eigenvalue weighted by Gasteiger charge is 2.31. The van der Waals surface area contributed by atoms with E-state index in [1.165, 1.54) is 16.8 Å². The fourth-order valence-electron chi connectivity index (χ4n) is 2.53. The number of nitrogen functional groups attached to an aromatic ring is 1. The summed E-state index contributed by atoms with van der Waals surface area (Å²) in [7, 11) is -3.10. The van der Waals surface area contributed by atoms with E-state index < -0.39 is 27.5 Å². The van der Waals surface area contributed by atoms with E-state index in [1.54, 1.807) is 0 Å². The molecule has 2 heterocycles. The molecule has 1 fully saturated rings. The van der Waals surface area contributed by atoms with Crippen LogP contribution in [0.3, 0.4) is 0 Å². The average Bonchev–Trinajstić information content (AvgIpc) is 2.92. The van der Waals surface area contributed by atoms with Crippen LogP contribution in [0.2, 0.25) is 0 Å². The van der Waals surface area contributed by atoms with E-state index in [4.69, 9.17) is 5.73 Å². The lowest BCUT2D eigenvalue weighted by Crippen LogP contribution is -2.14. The van der Waals surface area contributed by atoms with Crippen LogP contribution in [-0.4, -0.2) is 29.7 Å². The van der Waals surface area contributed by atoms with Crippen LogP contribution in [0, 0.1) is 11.6 Å². The van der Waals surface area contributed by atoms with E-state index in [-0.39, 0.29) is 28.6 Å². The minimum atomic E-state index is -3.10. The second-order valence-corrected chi connectivity index (χ2v) is 7.28. The Labute approximate surface area is 120 Å². The Morgan fingerprint density at radius 1 is 1.29 bits per heavy atom. The zero-order valence-electron chi connectivity index (χ0n) is 11.0. The third-order valence-electron chi connectivity index (χ3n) is 3.54. The second-order valence-electron chi connectivity index (χ2n) is 5.05. The molecule has 1 aromatic heterocycles. The van der Waals surface area contributed by atoms with Crippen molar-refractivity contribution in [1.82, 2.24) is 9.78 Å². The summed E-state index contributed by atoms with van der Waals surface area (Å²) in [5.74, 6) is -1.27. The van der Waals surface area contributed by atoms with E-state index in [9.17, 15) is 17.2 Å². The second kappa shape index (κ2) is 4.80. The van der Waals surface area contributed by atoms with Gasteiger partial charge in [-0.25, -0.2) is 21.9 Å². The van der Waals surface area contributed by atoms with Crippen LogP contribution in [0.15, 0.2) is 24.3 Å². The fraction of sp³-hybridized carbons (Fsp3) is 0.308. The summed E-state index contributed by atoms with van der Waals surface area (Å²) in [6.07, 6.45) is 0.396. The largest absolute Gasteiger partial charge is 0.384 e. The lowest BCUT2D eigenvalue weighted by molar-refractivity contribution is 0.506. The van der Waals surface area contributed by atoms with Crippen molar-refractivity contribution in [2.45, 2.75) is 12.5 Å². The molecule has 3 rings (SSSR count). The van der Waals surface area contributed by atoms with Crippen molar-refractivity contribution in [2.75, 3.05) is 17.2 Å². The predicted octanol–water partition coefficient (Wildman–Crippen LogP) is 1.77. The quantitative estimate of drug-likeness (QED) is 0.916. The molecule has 1 atom stereocenters. The number of nitrogens with two attached hydrogens (primary N) is 1. The first kappa shape index (κ1) is 14.0. The maximum absolute atomic E-state index is 13.8. The lowest BCUT2D eigenvalue weighted by Gasteiger charge is -2.10. The highest BCUT2D eigenvalue weighted by molar-refractivity contribution is 7.91. The number of hydrogen-bond donors (Lipinski definition) is 1. The lowest BCUT2D eigenvalue weighted by atomic mass is 10.1. The van der Waals surface area contributed by atoms with Gasteiger partial charge in [0.15, 0.2) is 9.84 Å². The Hall–Kier alpha value is -1.96. The van der Waals surface area contributed by atoms with Gasteiger partial charge in [0.25, 0.3) is 0 Å². The number of benzene rings is 1. The minimum absolute atomic E-state index is 0.0575. The van der Waals surface area contributed by atoms with E-state index in [0.29, 0.717) is 6.42 Å². The van der Waals surface area contributed by atoms with E-state index >= 15 is 0 Å². The smallest absolute Gasteiger partial charge is 0.152 e. The summed E-state index contributed by atoms with van der Waals surface area (Å²) in [5.41, 5.74) is 5.61. The summed E-state index contributed by atoms with van der Waals surface area (Å²) >= 11 is 0. The molecule has 2 aromatic rings. The number of sulfone groups is 1. The number of hydrogen-bond acceptors (Lipinski definition) is 4. The fourth-order valence-corrected chi connectivity index (χ4v) is 4.23. The van der Waals surface area contributed by atoms with Gasteiger partial charge in [-0.15, -0.1) is 0 Å². The summed E-state index contributed by atoms with van der Waals surface area (Å²) in [6, 6.07) is 4.49. The third kappa shape index (κ3) is 2.51. The first-order valence-electron chi connectivity index (χ1n) is 6.37. The molecule has 0 amide bonds. The zero-order valence-corrected chi connectivity index (χ0v) is 11.8. The SMILES string of the molecule is Nc1cc(-c2c(F)cccc2F)nn1C1CCS(=O)(=O)C1. The Bertz CT molecular complexity index is 781. The predicted molar refractivity (Wildman–Crippen MR) is 74.3 cm³/mol. The molecule has 1 unspecified atom stereocenters. The summed E-state index contributed by atoms with van der Waals surface area (Å²) < 4.78 is 51.9. The van der Waals surface area contributed by atoms with Gasteiger partial charge >= 0.3 is 0 Å². The summed E-state index contributed by atoms with van der Waals surface area (Å²) in [6.45, 7) is 0. The molecule has 0 radical (unpaired) electrons. The van der Waals surface area contributed by atoms with Crippen molar-refractivity contribution < 1.29 is 17.2 Å². The molecule has 0 saturated carbocycles. The van der Waals surface area contributed by atoms with Crippen LogP contribution in [-0.2, 0) is 9.84 Å². The molecule has 0 aliphatic carbocycles. The molecule has 1 saturated heterocycles. The minimum Gasteiger partial charge on any atom is -0.384 e. The zero-order chi connectivity index (χ0) is 15.2. The maximum Gasteiger partial charge on any atom is 0.152 e.